The summed E-state index contributed by atoms with van der Waals surface area (Å²) in [5, 5.41) is 5.22. The molecule has 0 aliphatic heterocycles. The molecule has 198 valence electrons. The van der Waals surface area contributed by atoms with Crippen LogP contribution in [0.2, 0.25) is 0 Å². The summed E-state index contributed by atoms with van der Waals surface area (Å²) in [6, 6.07) is 10.8. The number of benzene rings is 2. The molecule has 0 radical (unpaired) electrons. The largest absolute Gasteiger partial charge is 0.418 e. The molecule has 0 aliphatic carbocycles. The second kappa shape index (κ2) is 11.9. The van der Waals surface area contributed by atoms with E-state index in [0.29, 0.717) is 25.3 Å². The van der Waals surface area contributed by atoms with E-state index in [0.717, 1.165) is 21.3 Å². The minimum atomic E-state index is -4.67. The van der Waals surface area contributed by atoms with Crippen molar-refractivity contribution in [3.05, 3.63) is 74.9 Å². The molecule has 1 aromatic heterocycles. The third-order valence-electron chi connectivity index (χ3n) is 5.68. The minimum absolute atomic E-state index is 0.0263. The van der Waals surface area contributed by atoms with Crippen LogP contribution in [-0.2, 0) is 28.9 Å². The SMILES string of the molecule is CC(C)CNC(=O)CCCCn1c(=O)c2ccccc2n(CC(=O)Nc2ccccc2C(F)(F)F)c1=O. The Labute approximate surface area is 211 Å². The van der Waals surface area contributed by atoms with Gasteiger partial charge in [-0.2, -0.15) is 13.2 Å². The summed E-state index contributed by atoms with van der Waals surface area (Å²) in [6.07, 6.45) is -3.62. The van der Waals surface area contributed by atoms with Gasteiger partial charge in [0.1, 0.15) is 6.54 Å². The first kappa shape index (κ1) is 27.7. The van der Waals surface area contributed by atoms with Crippen LogP contribution in [0.15, 0.2) is 58.1 Å². The van der Waals surface area contributed by atoms with Gasteiger partial charge in [-0.3, -0.25) is 23.5 Å². The number of amides is 2. The molecule has 3 aromatic rings. The van der Waals surface area contributed by atoms with Gasteiger partial charge < -0.3 is 10.6 Å². The van der Waals surface area contributed by atoms with Gasteiger partial charge in [-0.1, -0.05) is 38.1 Å². The number of para-hydroxylation sites is 2. The number of aromatic nitrogens is 2. The van der Waals surface area contributed by atoms with Crippen LogP contribution >= 0.6 is 0 Å². The highest BCUT2D eigenvalue weighted by Gasteiger charge is 2.33. The average Bonchev–Trinajstić information content (AvgIpc) is 2.84. The highest BCUT2D eigenvalue weighted by Crippen LogP contribution is 2.34. The molecule has 0 saturated carbocycles. The van der Waals surface area contributed by atoms with Crippen LogP contribution in [0.3, 0.4) is 0 Å². The van der Waals surface area contributed by atoms with Crippen molar-refractivity contribution in [2.45, 2.75) is 52.4 Å². The highest BCUT2D eigenvalue weighted by atomic mass is 19.4. The molecule has 2 aromatic carbocycles. The fraction of sp³-hybridized carbons (Fsp3) is 0.385. The van der Waals surface area contributed by atoms with Gasteiger partial charge in [-0.15, -0.1) is 0 Å². The van der Waals surface area contributed by atoms with Gasteiger partial charge in [-0.05, 0) is 43.0 Å². The number of nitrogens with zero attached hydrogens (tertiary/aromatic N) is 2. The van der Waals surface area contributed by atoms with Gasteiger partial charge >= 0.3 is 11.9 Å². The molecule has 2 N–H and O–H groups in total. The summed E-state index contributed by atoms with van der Waals surface area (Å²) >= 11 is 0. The summed E-state index contributed by atoms with van der Waals surface area (Å²) in [7, 11) is 0. The molecule has 0 spiro atoms. The number of carbonyl (C=O) groups excluding carboxylic acids is 2. The van der Waals surface area contributed by atoms with Crippen LogP contribution in [0, 0.1) is 5.92 Å². The molecule has 0 saturated heterocycles. The van der Waals surface area contributed by atoms with Crippen LogP contribution in [-0.4, -0.2) is 27.5 Å². The Morgan fingerprint density at radius 2 is 1.59 bits per heavy atom. The van der Waals surface area contributed by atoms with Crippen molar-refractivity contribution in [3.63, 3.8) is 0 Å². The second-order valence-corrected chi connectivity index (χ2v) is 9.09. The van der Waals surface area contributed by atoms with Crippen molar-refractivity contribution in [2.24, 2.45) is 5.92 Å². The van der Waals surface area contributed by atoms with E-state index in [2.05, 4.69) is 10.6 Å². The smallest absolute Gasteiger partial charge is 0.356 e. The Bertz CT molecular complexity index is 1390. The third-order valence-corrected chi connectivity index (χ3v) is 5.68. The van der Waals surface area contributed by atoms with Crippen LogP contribution in [0.4, 0.5) is 18.9 Å². The lowest BCUT2D eigenvalue weighted by Crippen LogP contribution is -2.41. The van der Waals surface area contributed by atoms with Crippen molar-refractivity contribution < 1.29 is 22.8 Å². The van der Waals surface area contributed by atoms with E-state index >= 15 is 0 Å². The van der Waals surface area contributed by atoms with Crippen molar-refractivity contribution in [3.8, 4) is 0 Å². The number of hydrogen-bond acceptors (Lipinski definition) is 4. The second-order valence-electron chi connectivity index (χ2n) is 9.09. The molecule has 0 aliphatic rings. The predicted molar refractivity (Wildman–Crippen MR) is 134 cm³/mol. The lowest BCUT2D eigenvalue weighted by molar-refractivity contribution is -0.137. The van der Waals surface area contributed by atoms with Gasteiger partial charge in [0.15, 0.2) is 0 Å². The van der Waals surface area contributed by atoms with E-state index in [1.807, 2.05) is 13.8 Å². The quantitative estimate of drug-likeness (QED) is 0.399. The standard InChI is InChI=1S/C26H29F3N4O4/c1-17(2)15-30-22(34)13-7-8-14-32-24(36)18-9-3-6-12-21(18)33(25(32)37)16-23(35)31-20-11-5-4-10-19(20)26(27,28)29/h3-6,9-12,17H,7-8,13-16H2,1-2H3,(H,30,34)(H,31,35). The summed E-state index contributed by atoms with van der Waals surface area (Å²) in [6.45, 7) is 3.95. The molecule has 2 amide bonds. The Morgan fingerprint density at radius 1 is 0.919 bits per heavy atom. The maximum absolute atomic E-state index is 13.3. The molecule has 3 rings (SSSR count). The predicted octanol–water partition coefficient (Wildman–Crippen LogP) is 3.76. The van der Waals surface area contributed by atoms with Crippen molar-refractivity contribution in [1.82, 2.24) is 14.5 Å². The molecule has 1 heterocycles. The molecule has 0 bridgehead atoms. The molecule has 0 unspecified atom stereocenters. The third kappa shape index (κ3) is 7.08. The van der Waals surface area contributed by atoms with E-state index in [9.17, 15) is 32.3 Å². The lowest BCUT2D eigenvalue weighted by atomic mass is 10.1. The van der Waals surface area contributed by atoms with Crippen LogP contribution in [0.1, 0.15) is 38.7 Å². The van der Waals surface area contributed by atoms with Gasteiger partial charge in [0.05, 0.1) is 22.2 Å². The van der Waals surface area contributed by atoms with Crippen LogP contribution in [0.25, 0.3) is 10.9 Å². The van der Waals surface area contributed by atoms with E-state index in [4.69, 9.17) is 0 Å². The monoisotopic (exact) mass is 518 g/mol. The van der Waals surface area contributed by atoms with Crippen molar-refractivity contribution >= 4 is 28.4 Å². The topological polar surface area (TPSA) is 102 Å². The first-order chi connectivity index (χ1) is 17.5. The zero-order valence-electron chi connectivity index (χ0n) is 20.6. The number of nitrogens with one attached hydrogen (secondary N) is 2. The van der Waals surface area contributed by atoms with Crippen LogP contribution < -0.4 is 21.9 Å². The molecule has 8 nitrogen and oxygen atoms in total. The van der Waals surface area contributed by atoms with E-state index in [1.54, 1.807) is 12.1 Å². The maximum Gasteiger partial charge on any atom is 0.418 e. The number of halogens is 3. The Morgan fingerprint density at radius 3 is 2.30 bits per heavy atom. The van der Waals surface area contributed by atoms with Gasteiger partial charge in [0.2, 0.25) is 11.8 Å². The summed E-state index contributed by atoms with van der Waals surface area (Å²) in [5.74, 6) is -0.651. The molecule has 0 atom stereocenters. The molecule has 11 heteroatoms. The number of hydrogen-bond donors (Lipinski definition) is 2. The fourth-order valence-electron chi connectivity index (χ4n) is 3.86. The average molecular weight is 519 g/mol. The van der Waals surface area contributed by atoms with Gasteiger partial charge in [-0.25, -0.2) is 4.79 Å². The normalized spacial score (nSPS) is 11.6. The fourth-order valence-corrected chi connectivity index (χ4v) is 3.86. The molecular formula is C26H29F3N4O4. The number of anilines is 1. The van der Waals surface area contributed by atoms with Crippen molar-refractivity contribution in [2.75, 3.05) is 11.9 Å². The number of fused-ring (bicyclic) bond motifs is 1. The van der Waals surface area contributed by atoms with E-state index in [1.165, 1.54) is 24.3 Å². The number of rotatable bonds is 10. The minimum Gasteiger partial charge on any atom is -0.356 e. The van der Waals surface area contributed by atoms with Crippen molar-refractivity contribution in [1.29, 1.82) is 0 Å². The van der Waals surface area contributed by atoms with Gasteiger partial charge in [0.25, 0.3) is 5.56 Å². The number of carbonyl (C=O) groups is 2. The zero-order chi connectivity index (χ0) is 27.2. The number of alkyl halides is 3. The summed E-state index contributed by atoms with van der Waals surface area (Å²) < 4.78 is 42.0. The highest BCUT2D eigenvalue weighted by molar-refractivity contribution is 5.92. The molecule has 37 heavy (non-hydrogen) atoms. The molecular weight excluding hydrogens is 489 g/mol. The first-order valence-electron chi connectivity index (χ1n) is 11.9. The number of unbranched alkanes of at least 4 members (excludes halogenated alkanes) is 1. The van der Waals surface area contributed by atoms with E-state index < -0.39 is 41.1 Å². The molecule has 0 fully saturated rings. The first-order valence-corrected chi connectivity index (χ1v) is 11.9. The Kier molecular flexibility index (Phi) is 8.90. The summed E-state index contributed by atoms with van der Waals surface area (Å²) in [4.78, 5) is 50.8. The van der Waals surface area contributed by atoms with Crippen LogP contribution in [0.5, 0.6) is 0 Å². The zero-order valence-corrected chi connectivity index (χ0v) is 20.6. The summed E-state index contributed by atoms with van der Waals surface area (Å²) in [5.41, 5.74) is -2.54. The Hall–Kier alpha value is -3.89. The van der Waals surface area contributed by atoms with Gasteiger partial charge in [0, 0.05) is 19.5 Å². The lowest BCUT2D eigenvalue weighted by Gasteiger charge is -2.16. The Balaban J connectivity index is 1.82. The maximum atomic E-state index is 13.3. The van der Waals surface area contributed by atoms with E-state index in [-0.39, 0.29) is 29.8 Å².